The molecule has 5 nitrogen and oxygen atoms in total. The fraction of sp³-hybridized carbons (Fsp3) is 0.875. The van der Waals surface area contributed by atoms with Gasteiger partial charge in [0.15, 0.2) is 0 Å². The van der Waals surface area contributed by atoms with E-state index in [1.54, 1.807) is 21.1 Å². The number of methoxy groups -OCH3 is 1. The minimum Gasteiger partial charge on any atom is -0.450 e. The van der Waals surface area contributed by atoms with Crippen LogP contribution in [0.25, 0.3) is 0 Å². The Labute approximate surface area is 78.8 Å². The van der Waals surface area contributed by atoms with Crippen LogP contribution >= 0.6 is 0 Å². The second-order valence-electron chi connectivity index (χ2n) is 2.79. The SMILES string of the molecule is CCOC(=O)N(C)CC(N)COC. The smallest absolute Gasteiger partial charge is 0.409 e. The summed E-state index contributed by atoms with van der Waals surface area (Å²) in [6.45, 7) is 3.01. The van der Waals surface area contributed by atoms with Gasteiger partial charge in [0, 0.05) is 26.7 Å². The lowest BCUT2D eigenvalue weighted by atomic mass is 10.3. The summed E-state index contributed by atoms with van der Waals surface area (Å²) in [5.41, 5.74) is 5.64. The third-order valence-corrected chi connectivity index (χ3v) is 1.47. The number of hydrogen-bond donors (Lipinski definition) is 1. The Morgan fingerprint density at radius 1 is 1.62 bits per heavy atom. The maximum absolute atomic E-state index is 11.1. The van der Waals surface area contributed by atoms with Crippen molar-refractivity contribution in [1.82, 2.24) is 4.90 Å². The molecule has 0 aromatic heterocycles. The van der Waals surface area contributed by atoms with E-state index >= 15 is 0 Å². The van der Waals surface area contributed by atoms with Crippen LogP contribution in [-0.4, -0.2) is 51.0 Å². The van der Waals surface area contributed by atoms with Crippen LogP contribution in [0.5, 0.6) is 0 Å². The lowest BCUT2D eigenvalue weighted by Gasteiger charge is -2.20. The Hall–Kier alpha value is -0.810. The molecule has 0 saturated heterocycles. The van der Waals surface area contributed by atoms with Crippen molar-refractivity contribution in [2.24, 2.45) is 5.73 Å². The lowest BCUT2D eigenvalue weighted by Crippen LogP contribution is -2.41. The van der Waals surface area contributed by atoms with E-state index in [0.717, 1.165) is 0 Å². The first-order valence-electron chi connectivity index (χ1n) is 4.24. The van der Waals surface area contributed by atoms with E-state index in [-0.39, 0.29) is 12.1 Å². The van der Waals surface area contributed by atoms with Crippen LogP contribution < -0.4 is 5.73 Å². The van der Waals surface area contributed by atoms with Gasteiger partial charge in [-0.2, -0.15) is 0 Å². The maximum Gasteiger partial charge on any atom is 0.409 e. The molecule has 0 heterocycles. The molecule has 0 rings (SSSR count). The molecule has 2 N–H and O–H groups in total. The highest BCUT2D eigenvalue weighted by Gasteiger charge is 2.12. The van der Waals surface area contributed by atoms with E-state index in [1.807, 2.05) is 0 Å². The van der Waals surface area contributed by atoms with Crippen LogP contribution in [0.2, 0.25) is 0 Å². The van der Waals surface area contributed by atoms with Gasteiger partial charge in [-0.15, -0.1) is 0 Å². The predicted molar refractivity (Wildman–Crippen MR) is 49.5 cm³/mol. The molecule has 0 aliphatic rings. The first-order valence-corrected chi connectivity index (χ1v) is 4.24. The van der Waals surface area contributed by atoms with Crippen LogP contribution in [0.15, 0.2) is 0 Å². The van der Waals surface area contributed by atoms with Crippen molar-refractivity contribution in [3.05, 3.63) is 0 Å². The van der Waals surface area contributed by atoms with E-state index in [4.69, 9.17) is 15.2 Å². The Morgan fingerprint density at radius 3 is 2.69 bits per heavy atom. The molecular formula is C8H18N2O3. The van der Waals surface area contributed by atoms with Gasteiger partial charge in [0.1, 0.15) is 0 Å². The molecule has 0 aromatic carbocycles. The van der Waals surface area contributed by atoms with E-state index in [9.17, 15) is 4.79 Å². The molecule has 1 unspecified atom stereocenters. The average molecular weight is 190 g/mol. The van der Waals surface area contributed by atoms with Crippen LogP contribution in [0.4, 0.5) is 4.79 Å². The topological polar surface area (TPSA) is 64.8 Å². The van der Waals surface area contributed by atoms with Crippen LogP contribution in [-0.2, 0) is 9.47 Å². The number of nitrogens with zero attached hydrogens (tertiary/aromatic N) is 1. The average Bonchev–Trinajstić information content (AvgIpc) is 2.05. The zero-order valence-electron chi connectivity index (χ0n) is 8.45. The summed E-state index contributed by atoms with van der Waals surface area (Å²) in [5.74, 6) is 0. The first-order chi connectivity index (χ1) is 6.11. The molecule has 0 radical (unpaired) electrons. The molecule has 0 fully saturated rings. The number of likely N-dealkylation sites (N-methyl/N-ethyl adjacent to an activating group) is 1. The predicted octanol–water partition coefficient (Wildman–Crippen LogP) is 0.0484. The molecule has 5 heteroatoms. The third-order valence-electron chi connectivity index (χ3n) is 1.47. The third kappa shape index (κ3) is 5.43. The van der Waals surface area contributed by atoms with E-state index in [2.05, 4.69) is 0 Å². The van der Waals surface area contributed by atoms with Crippen molar-refractivity contribution in [3.63, 3.8) is 0 Å². The van der Waals surface area contributed by atoms with Gasteiger partial charge < -0.3 is 20.1 Å². The highest BCUT2D eigenvalue weighted by molar-refractivity contribution is 5.67. The van der Waals surface area contributed by atoms with Gasteiger partial charge in [0.05, 0.1) is 13.2 Å². The van der Waals surface area contributed by atoms with Crippen molar-refractivity contribution < 1.29 is 14.3 Å². The summed E-state index contributed by atoms with van der Waals surface area (Å²) in [6, 6.07) is -0.167. The van der Waals surface area contributed by atoms with Gasteiger partial charge in [0.2, 0.25) is 0 Å². The van der Waals surface area contributed by atoms with Crippen molar-refractivity contribution in [2.75, 3.05) is 33.9 Å². The van der Waals surface area contributed by atoms with Gasteiger partial charge in [-0.25, -0.2) is 4.79 Å². The summed E-state index contributed by atoms with van der Waals surface area (Å²) in [6.07, 6.45) is -0.353. The molecule has 1 atom stereocenters. The number of hydrogen-bond acceptors (Lipinski definition) is 4. The Bertz CT molecular complexity index is 152. The van der Waals surface area contributed by atoms with Crippen molar-refractivity contribution in [2.45, 2.75) is 13.0 Å². The first kappa shape index (κ1) is 12.2. The van der Waals surface area contributed by atoms with Gasteiger partial charge in [0.25, 0.3) is 0 Å². The number of rotatable bonds is 5. The summed E-state index contributed by atoms with van der Waals surface area (Å²) in [4.78, 5) is 12.5. The van der Waals surface area contributed by atoms with Gasteiger partial charge in [-0.05, 0) is 6.92 Å². The zero-order valence-corrected chi connectivity index (χ0v) is 8.45. The Morgan fingerprint density at radius 2 is 2.23 bits per heavy atom. The zero-order chi connectivity index (χ0) is 10.3. The molecule has 0 aliphatic carbocycles. The van der Waals surface area contributed by atoms with Crippen LogP contribution in [0.1, 0.15) is 6.92 Å². The molecule has 0 aromatic rings. The Balaban J connectivity index is 3.71. The largest absolute Gasteiger partial charge is 0.450 e. The van der Waals surface area contributed by atoms with Gasteiger partial charge >= 0.3 is 6.09 Å². The molecule has 0 bridgehead atoms. The Kier molecular flexibility index (Phi) is 6.26. The number of ether oxygens (including phenoxy) is 2. The minimum atomic E-state index is -0.353. The van der Waals surface area contributed by atoms with Crippen LogP contribution in [0.3, 0.4) is 0 Å². The normalized spacial score (nSPS) is 12.3. The molecule has 0 aliphatic heterocycles. The van der Waals surface area contributed by atoms with E-state index in [1.165, 1.54) is 4.90 Å². The van der Waals surface area contributed by atoms with Gasteiger partial charge in [-0.1, -0.05) is 0 Å². The highest BCUT2D eigenvalue weighted by atomic mass is 16.6. The summed E-state index contributed by atoms with van der Waals surface area (Å²) in [5, 5.41) is 0. The quantitative estimate of drug-likeness (QED) is 0.665. The minimum absolute atomic E-state index is 0.167. The second kappa shape index (κ2) is 6.68. The summed E-state index contributed by atoms with van der Waals surface area (Å²) < 4.78 is 9.61. The fourth-order valence-corrected chi connectivity index (χ4v) is 0.927. The summed E-state index contributed by atoms with van der Waals surface area (Å²) in [7, 11) is 3.22. The van der Waals surface area contributed by atoms with Crippen molar-refractivity contribution >= 4 is 6.09 Å². The number of nitrogens with two attached hydrogens (primary N) is 1. The van der Waals surface area contributed by atoms with Crippen molar-refractivity contribution in [3.8, 4) is 0 Å². The van der Waals surface area contributed by atoms with Gasteiger partial charge in [-0.3, -0.25) is 0 Å². The number of carbonyl (C=O) groups excluding carboxylic acids is 1. The fourth-order valence-electron chi connectivity index (χ4n) is 0.927. The summed E-state index contributed by atoms with van der Waals surface area (Å²) >= 11 is 0. The molecule has 78 valence electrons. The second-order valence-corrected chi connectivity index (χ2v) is 2.79. The number of carbonyl (C=O) groups is 1. The maximum atomic E-state index is 11.1. The molecule has 13 heavy (non-hydrogen) atoms. The molecular weight excluding hydrogens is 172 g/mol. The lowest BCUT2D eigenvalue weighted by molar-refractivity contribution is 0.106. The van der Waals surface area contributed by atoms with E-state index < -0.39 is 0 Å². The molecule has 1 amide bonds. The standard InChI is InChI=1S/C8H18N2O3/c1-4-13-8(11)10(2)5-7(9)6-12-3/h7H,4-6,9H2,1-3H3. The van der Waals surface area contributed by atoms with E-state index in [0.29, 0.717) is 19.8 Å². The van der Waals surface area contributed by atoms with Crippen molar-refractivity contribution in [1.29, 1.82) is 0 Å². The highest BCUT2D eigenvalue weighted by Crippen LogP contribution is 1.92. The monoisotopic (exact) mass is 190 g/mol. The van der Waals surface area contributed by atoms with Crippen LogP contribution in [0, 0.1) is 0 Å². The molecule has 0 saturated carbocycles. The molecule has 0 spiro atoms. The number of amides is 1.